The molecule has 0 aromatic heterocycles. The van der Waals surface area contributed by atoms with Gasteiger partial charge in [0.25, 0.3) is 0 Å². The molecule has 3 aliphatic heterocycles. The molecule has 3 atom stereocenters. The van der Waals surface area contributed by atoms with Crippen molar-refractivity contribution < 1.29 is 62.9 Å². The summed E-state index contributed by atoms with van der Waals surface area (Å²) in [4.78, 5) is 30.1. The smallest absolute Gasteiger partial charge is 0.548 e. The van der Waals surface area contributed by atoms with Gasteiger partial charge in [0.1, 0.15) is 0 Å². The molecule has 0 unspecified atom stereocenters. The molecule has 0 aliphatic carbocycles. The standard InChI is InChI=1S/3C5H9NO2.Co.3H2O/c3*7-5(8)4-2-1-3-6-4;;;;/h3*4,6H,1-3H2,(H,7,8);;3*1H2/q;;;+3;;;/p-3/t3*4-;;;;/m000..../s1. The Morgan fingerprint density at radius 3 is 0.857 bits per heavy atom. The first-order valence-electron chi connectivity index (χ1n) is 8.24. The van der Waals surface area contributed by atoms with Crippen LogP contribution in [-0.2, 0) is 31.2 Å². The van der Waals surface area contributed by atoms with Gasteiger partial charge in [-0.15, -0.1) is 0 Å². The van der Waals surface area contributed by atoms with Crippen molar-refractivity contribution >= 4 is 17.9 Å². The van der Waals surface area contributed by atoms with Crippen molar-refractivity contribution in [3.63, 3.8) is 0 Å². The predicted octanol–water partition coefficient (Wildman–Crippen LogP) is -7.01. The van der Waals surface area contributed by atoms with Crippen LogP contribution in [0.4, 0.5) is 0 Å². The number of nitrogens with one attached hydrogen (secondary N) is 3. The Kier molecular flexibility index (Phi) is 23.2. The third-order valence-corrected chi connectivity index (χ3v) is 4.03. The zero-order valence-electron chi connectivity index (χ0n) is 15.4. The van der Waals surface area contributed by atoms with Gasteiger partial charge in [-0.3, -0.25) is 0 Å². The molecule has 28 heavy (non-hydrogen) atoms. The molecule has 0 radical (unpaired) electrons. The largest absolute Gasteiger partial charge is 3.00 e. The molecule has 3 fully saturated rings. The van der Waals surface area contributed by atoms with E-state index in [-0.39, 0.29) is 51.3 Å². The fourth-order valence-electron chi connectivity index (χ4n) is 2.66. The summed E-state index contributed by atoms with van der Waals surface area (Å²) in [7, 11) is 0. The molecule has 0 amide bonds. The van der Waals surface area contributed by atoms with Gasteiger partial charge >= 0.3 is 16.8 Å². The van der Waals surface area contributed by atoms with E-state index in [1.165, 1.54) is 0 Å². The Morgan fingerprint density at radius 1 is 0.571 bits per heavy atom. The number of rotatable bonds is 3. The van der Waals surface area contributed by atoms with Crippen LogP contribution in [0.2, 0.25) is 0 Å². The maximum atomic E-state index is 10.0. The second kappa shape index (κ2) is 19.0. The molecule has 9 N–H and O–H groups in total. The maximum Gasteiger partial charge on any atom is 3.00 e. The van der Waals surface area contributed by atoms with Crippen molar-refractivity contribution in [1.82, 2.24) is 16.0 Å². The number of hydrogen-bond acceptors (Lipinski definition) is 9. The van der Waals surface area contributed by atoms with Crippen LogP contribution in [0.25, 0.3) is 0 Å². The first-order chi connectivity index (χ1) is 11.4. The fraction of sp³-hybridized carbons (Fsp3) is 0.800. The van der Waals surface area contributed by atoms with Crippen LogP contribution in [0.15, 0.2) is 0 Å². The molecule has 0 aromatic carbocycles. The molecule has 3 rings (SSSR count). The van der Waals surface area contributed by atoms with Crippen LogP contribution in [0.1, 0.15) is 38.5 Å². The summed E-state index contributed by atoms with van der Waals surface area (Å²) in [5.74, 6) is -2.91. The van der Waals surface area contributed by atoms with Crippen LogP contribution in [0, 0.1) is 0 Å². The van der Waals surface area contributed by atoms with Gasteiger partial charge < -0.3 is 62.1 Å². The van der Waals surface area contributed by atoms with E-state index >= 15 is 0 Å². The van der Waals surface area contributed by atoms with Gasteiger partial charge in [0, 0.05) is 18.1 Å². The second-order valence-electron chi connectivity index (χ2n) is 5.90. The number of carbonyl (C=O) groups excluding carboxylic acids is 3. The molecule has 168 valence electrons. The third-order valence-electron chi connectivity index (χ3n) is 4.03. The van der Waals surface area contributed by atoms with Crippen LogP contribution < -0.4 is 31.3 Å². The number of hydrogen-bond donors (Lipinski definition) is 3. The molecule has 0 bridgehead atoms. The summed E-state index contributed by atoms with van der Waals surface area (Å²) >= 11 is 0. The summed E-state index contributed by atoms with van der Waals surface area (Å²) < 4.78 is 0. The Bertz CT molecular complexity index is 363. The normalized spacial score (nSPS) is 24.2. The predicted molar refractivity (Wildman–Crippen MR) is 88.9 cm³/mol. The van der Waals surface area contributed by atoms with Crippen molar-refractivity contribution in [1.29, 1.82) is 0 Å². The van der Waals surface area contributed by atoms with Gasteiger partial charge in [0.15, 0.2) is 0 Å². The fourth-order valence-corrected chi connectivity index (χ4v) is 2.66. The van der Waals surface area contributed by atoms with Crippen molar-refractivity contribution in [3.8, 4) is 0 Å². The third kappa shape index (κ3) is 13.8. The molecule has 13 heteroatoms. The SMILES string of the molecule is O.O.O.O=C([O-])[C@@H]1CCCN1.O=C([O-])[C@@H]1CCCN1.O=C([O-])[C@@H]1CCCN1.[Co+3]. The van der Waals surface area contributed by atoms with Crippen LogP contribution >= 0.6 is 0 Å². The van der Waals surface area contributed by atoms with E-state index in [1.807, 2.05) is 0 Å². The van der Waals surface area contributed by atoms with Crippen molar-refractivity contribution in [2.45, 2.75) is 56.7 Å². The summed E-state index contributed by atoms with van der Waals surface area (Å²) in [6.07, 6.45) is 5.04. The molecule has 0 saturated carbocycles. The molecule has 0 spiro atoms. The first-order valence-corrected chi connectivity index (χ1v) is 8.24. The molecular formula is C15H30CoN3O9. The van der Waals surface area contributed by atoms with E-state index in [9.17, 15) is 29.7 Å². The van der Waals surface area contributed by atoms with E-state index in [1.54, 1.807) is 0 Å². The average molecular weight is 455 g/mol. The van der Waals surface area contributed by atoms with Gasteiger partial charge in [-0.1, -0.05) is 0 Å². The summed E-state index contributed by atoms with van der Waals surface area (Å²) in [6.45, 7) is 2.45. The van der Waals surface area contributed by atoms with Crippen molar-refractivity contribution in [2.75, 3.05) is 19.6 Å². The number of aliphatic carboxylic acids is 3. The van der Waals surface area contributed by atoms with Gasteiger partial charge in [-0.05, 0) is 58.2 Å². The minimum atomic E-state index is -0.970. The summed E-state index contributed by atoms with van der Waals surface area (Å²) in [6, 6.07) is -1.14. The van der Waals surface area contributed by atoms with E-state index in [0.717, 1.165) is 58.2 Å². The molecular weight excluding hydrogens is 425 g/mol. The first kappa shape index (κ1) is 34.2. The van der Waals surface area contributed by atoms with Crippen LogP contribution in [-0.4, -0.2) is 72.1 Å². The van der Waals surface area contributed by atoms with Crippen molar-refractivity contribution in [2.24, 2.45) is 0 Å². The van der Waals surface area contributed by atoms with Crippen molar-refractivity contribution in [3.05, 3.63) is 0 Å². The van der Waals surface area contributed by atoms with E-state index < -0.39 is 17.9 Å². The monoisotopic (exact) mass is 455 g/mol. The Morgan fingerprint density at radius 2 is 0.786 bits per heavy atom. The average Bonchev–Trinajstić information content (AvgIpc) is 3.29. The zero-order valence-corrected chi connectivity index (χ0v) is 16.4. The molecule has 3 heterocycles. The topological polar surface area (TPSA) is 251 Å². The molecule has 0 aromatic rings. The van der Waals surface area contributed by atoms with Gasteiger partial charge in [0.05, 0.1) is 17.9 Å². The molecule has 12 nitrogen and oxygen atoms in total. The quantitative estimate of drug-likeness (QED) is 0.365. The van der Waals surface area contributed by atoms with Crippen LogP contribution in [0.3, 0.4) is 0 Å². The Balaban J connectivity index is -0.000000144. The number of carboxylic acid groups (broad SMARTS) is 3. The number of carboxylic acids is 3. The minimum Gasteiger partial charge on any atom is -0.548 e. The molecule has 3 saturated heterocycles. The van der Waals surface area contributed by atoms with E-state index in [2.05, 4.69) is 16.0 Å². The van der Waals surface area contributed by atoms with E-state index in [4.69, 9.17) is 0 Å². The maximum absolute atomic E-state index is 10.0. The van der Waals surface area contributed by atoms with Gasteiger partial charge in [-0.2, -0.15) is 0 Å². The number of carbonyl (C=O) groups is 3. The summed E-state index contributed by atoms with van der Waals surface area (Å²) in [5, 5.41) is 38.5. The minimum absolute atomic E-state index is 0. The Labute approximate surface area is 173 Å². The Hall–Kier alpha value is -1.32. The molecule has 3 aliphatic rings. The van der Waals surface area contributed by atoms with Gasteiger partial charge in [0.2, 0.25) is 0 Å². The second-order valence-corrected chi connectivity index (χ2v) is 5.90. The summed E-state index contributed by atoms with van der Waals surface area (Å²) in [5.41, 5.74) is 0. The van der Waals surface area contributed by atoms with Crippen LogP contribution in [0.5, 0.6) is 0 Å². The van der Waals surface area contributed by atoms with Gasteiger partial charge in [-0.25, -0.2) is 0 Å². The van der Waals surface area contributed by atoms with E-state index in [0.29, 0.717) is 0 Å². The zero-order chi connectivity index (χ0) is 17.9.